The molecule has 0 fully saturated rings. The van der Waals surface area contributed by atoms with Crippen LogP contribution in [0.4, 0.5) is 0 Å². The fourth-order valence-corrected chi connectivity index (χ4v) is 2.53. The van der Waals surface area contributed by atoms with Crippen molar-refractivity contribution < 1.29 is 39.5 Å². The number of hydrogen-bond donors (Lipinski definition) is 1. The molecule has 0 aromatic rings. The van der Waals surface area contributed by atoms with E-state index in [1.54, 1.807) is 0 Å². The van der Waals surface area contributed by atoms with Crippen molar-refractivity contribution >= 4 is 32.5 Å². The third-order valence-corrected chi connectivity index (χ3v) is 4.23. The van der Waals surface area contributed by atoms with Gasteiger partial charge in [0.25, 0.3) is 20.2 Å². The van der Waals surface area contributed by atoms with Crippen LogP contribution in [0, 0.1) is 5.41 Å². The molecule has 0 radical (unpaired) electrons. The number of esters is 1. The summed E-state index contributed by atoms with van der Waals surface area (Å²) in [5, 5.41) is 0. The molecule has 23 heavy (non-hydrogen) atoms. The van der Waals surface area contributed by atoms with Gasteiger partial charge in [-0.2, -0.15) is 16.8 Å². The Bertz CT molecular complexity index is 573. The van der Waals surface area contributed by atoms with Crippen molar-refractivity contribution in [2.24, 2.45) is 11.1 Å². The molecular weight excluding hydrogens is 354 g/mol. The first kappa shape index (κ1) is 21.9. The Labute approximate surface area is 135 Å². The van der Waals surface area contributed by atoms with E-state index in [1.807, 2.05) is 0 Å². The van der Waals surface area contributed by atoms with E-state index in [-0.39, 0.29) is 12.8 Å². The van der Waals surface area contributed by atoms with E-state index in [9.17, 15) is 26.4 Å². The summed E-state index contributed by atoms with van der Waals surface area (Å²) in [6.45, 7) is -0.831. The molecule has 10 nitrogen and oxygen atoms in total. The number of carbonyl (C=O) groups is 2. The molecule has 0 saturated carbocycles. The van der Waals surface area contributed by atoms with Gasteiger partial charge in [-0.25, -0.2) is 0 Å². The highest BCUT2D eigenvalue weighted by Crippen LogP contribution is 2.29. The molecular formula is C11H21NO9S2. The van der Waals surface area contributed by atoms with E-state index in [2.05, 4.69) is 13.1 Å². The Hall–Kier alpha value is -1.08. The molecule has 136 valence electrons. The topological polar surface area (TPSA) is 156 Å². The van der Waals surface area contributed by atoms with Crippen LogP contribution < -0.4 is 5.73 Å². The highest BCUT2D eigenvalue weighted by atomic mass is 32.2. The molecule has 0 bridgehead atoms. The number of ether oxygens (including phenoxy) is 1. The highest BCUT2D eigenvalue weighted by Gasteiger charge is 2.41. The van der Waals surface area contributed by atoms with Crippen molar-refractivity contribution in [2.45, 2.75) is 18.9 Å². The number of methoxy groups -OCH3 is 1. The Balaban J connectivity index is 5.20. The minimum atomic E-state index is -3.75. The molecule has 12 heteroatoms. The molecule has 0 amide bonds. The predicted octanol–water partition coefficient (Wildman–Crippen LogP) is -1.60. The van der Waals surface area contributed by atoms with Gasteiger partial charge in [0, 0.05) is 0 Å². The normalized spacial score (nSPS) is 14.3. The van der Waals surface area contributed by atoms with Crippen molar-refractivity contribution in [3.05, 3.63) is 0 Å². The number of nitrogens with two attached hydrogens (primary N) is 1. The zero-order chi connectivity index (χ0) is 18.3. The average Bonchev–Trinajstić information content (AvgIpc) is 2.41. The second-order valence-corrected chi connectivity index (χ2v) is 8.19. The van der Waals surface area contributed by atoms with Crippen LogP contribution in [0.15, 0.2) is 0 Å². The Morgan fingerprint density at radius 3 is 1.74 bits per heavy atom. The van der Waals surface area contributed by atoms with E-state index in [0.29, 0.717) is 6.29 Å². The highest BCUT2D eigenvalue weighted by molar-refractivity contribution is 7.86. The van der Waals surface area contributed by atoms with Gasteiger partial charge in [0.1, 0.15) is 12.3 Å². The lowest BCUT2D eigenvalue weighted by Gasteiger charge is -2.31. The van der Waals surface area contributed by atoms with E-state index in [1.165, 1.54) is 0 Å². The van der Waals surface area contributed by atoms with Crippen molar-refractivity contribution in [1.29, 1.82) is 0 Å². The number of aldehydes is 1. The van der Waals surface area contributed by atoms with Crippen LogP contribution in [0.2, 0.25) is 0 Å². The molecule has 0 aromatic carbocycles. The number of rotatable bonds is 11. The maximum absolute atomic E-state index is 11.6. The molecule has 0 aliphatic heterocycles. The van der Waals surface area contributed by atoms with Crippen molar-refractivity contribution in [3.63, 3.8) is 0 Å². The fraction of sp³-hybridized carbons (Fsp3) is 0.818. The summed E-state index contributed by atoms with van der Waals surface area (Å²) < 4.78 is 57.5. The summed E-state index contributed by atoms with van der Waals surface area (Å²) in [7, 11) is -6.43. The van der Waals surface area contributed by atoms with Gasteiger partial charge in [0.05, 0.1) is 38.3 Å². The van der Waals surface area contributed by atoms with Gasteiger partial charge < -0.3 is 15.3 Å². The van der Waals surface area contributed by atoms with Crippen LogP contribution >= 0.6 is 0 Å². The third kappa shape index (κ3) is 8.37. The van der Waals surface area contributed by atoms with E-state index in [0.717, 1.165) is 19.6 Å². The van der Waals surface area contributed by atoms with Crippen LogP contribution in [0.25, 0.3) is 0 Å². The van der Waals surface area contributed by atoms with Gasteiger partial charge in [-0.1, -0.05) is 0 Å². The van der Waals surface area contributed by atoms with E-state index < -0.39 is 50.9 Å². The maximum atomic E-state index is 11.6. The molecule has 0 rings (SSSR count). The van der Waals surface area contributed by atoms with Crippen molar-refractivity contribution in [2.75, 3.05) is 32.8 Å². The van der Waals surface area contributed by atoms with Gasteiger partial charge in [-0.05, 0) is 12.8 Å². The Morgan fingerprint density at radius 1 is 1.09 bits per heavy atom. The second-order valence-electron chi connectivity index (χ2n) is 4.90. The van der Waals surface area contributed by atoms with Gasteiger partial charge >= 0.3 is 5.97 Å². The molecule has 0 saturated heterocycles. The SMILES string of the molecule is COC(=O)C(N)C(C=O)(CCOS(C)(=O)=O)CCOS(C)(=O)=O. The van der Waals surface area contributed by atoms with Crippen LogP contribution in [-0.2, 0) is 42.9 Å². The van der Waals surface area contributed by atoms with E-state index >= 15 is 0 Å². The molecule has 1 atom stereocenters. The summed E-state index contributed by atoms with van der Waals surface area (Å²) in [4.78, 5) is 23.1. The lowest BCUT2D eigenvalue weighted by atomic mass is 9.76. The summed E-state index contributed by atoms with van der Waals surface area (Å²) in [5.74, 6) is -0.907. The largest absolute Gasteiger partial charge is 0.468 e. The number of carbonyl (C=O) groups excluding carboxylic acids is 2. The lowest BCUT2D eigenvalue weighted by molar-refractivity contribution is -0.148. The minimum absolute atomic E-state index is 0.243. The van der Waals surface area contributed by atoms with Gasteiger partial charge in [0.2, 0.25) is 0 Å². The van der Waals surface area contributed by atoms with E-state index in [4.69, 9.17) is 5.73 Å². The van der Waals surface area contributed by atoms with Gasteiger partial charge in [-0.15, -0.1) is 0 Å². The lowest BCUT2D eigenvalue weighted by Crippen LogP contribution is -2.50. The first-order valence-corrected chi connectivity index (χ1v) is 9.99. The zero-order valence-corrected chi connectivity index (χ0v) is 14.7. The van der Waals surface area contributed by atoms with Crippen LogP contribution in [0.5, 0.6) is 0 Å². The molecule has 0 spiro atoms. The zero-order valence-electron chi connectivity index (χ0n) is 13.1. The summed E-state index contributed by atoms with van der Waals surface area (Å²) >= 11 is 0. The summed E-state index contributed by atoms with van der Waals surface area (Å²) in [5.41, 5.74) is 4.11. The Morgan fingerprint density at radius 2 is 1.48 bits per heavy atom. The average molecular weight is 375 g/mol. The quantitative estimate of drug-likeness (QED) is 0.253. The number of hydrogen-bond acceptors (Lipinski definition) is 10. The Kier molecular flexibility index (Phi) is 8.28. The summed E-state index contributed by atoms with van der Waals surface area (Å²) in [6.07, 6.45) is 1.51. The first-order valence-electron chi connectivity index (χ1n) is 6.35. The van der Waals surface area contributed by atoms with Crippen LogP contribution in [-0.4, -0.2) is 68.0 Å². The van der Waals surface area contributed by atoms with Crippen LogP contribution in [0.3, 0.4) is 0 Å². The minimum Gasteiger partial charge on any atom is -0.468 e. The fourth-order valence-electron chi connectivity index (χ4n) is 1.75. The first-order chi connectivity index (χ1) is 10.4. The monoisotopic (exact) mass is 375 g/mol. The standard InChI is InChI=1S/C11H21NO9S2/c1-19-10(14)9(12)11(8-13,4-6-20-22(2,15)16)5-7-21-23(3,17)18/h8-9H,4-7,12H2,1-3H3. The molecule has 1 unspecified atom stereocenters. The van der Waals surface area contributed by atoms with Crippen LogP contribution in [0.1, 0.15) is 12.8 Å². The molecule has 0 aliphatic carbocycles. The second kappa shape index (κ2) is 8.68. The van der Waals surface area contributed by atoms with Crippen molar-refractivity contribution in [1.82, 2.24) is 0 Å². The molecule has 0 heterocycles. The molecule has 0 aromatic heterocycles. The van der Waals surface area contributed by atoms with Gasteiger partial charge in [-0.3, -0.25) is 13.2 Å². The third-order valence-electron chi connectivity index (χ3n) is 3.04. The maximum Gasteiger partial charge on any atom is 0.323 e. The summed E-state index contributed by atoms with van der Waals surface area (Å²) in [6, 6.07) is -1.43. The molecule has 0 aliphatic rings. The van der Waals surface area contributed by atoms with Crippen molar-refractivity contribution in [3.8, 4) is 0 Å². The van der Waals surface area contributed by atoms with Gasteiger partial charge in [0.15, 0.2) is 0 Å². The predicted molar refractivity (Wildman–Crippen MR) is 79.3 cm³/mol. The molecule has 2 N–H and O–H groups in total. The smallest absolute Gasteiger partial charge is 0.323 e.